The minimum absolute atomic E-state index is 0.115. The number of benzene rings is 2. The number of esters is 2. The number of carbonyl (C=O) groups is 2. The molecule has 4 fully saturated rings. The predicted octanol–water partition coefficient (Wildman–Crippen LogP) is 5.73. The Morgan fingerprint density at radius 2 is 1.55 bits per heavy atom. The summed E-state index contributed by atoms with van der Waals surface area (Å²) in [4.78, 5) is 24.9. The van der Waals surface area contributed by atoms with Crippen molar-refractivity contribution in [2.75, 3.05) is 13.7 Å². The van der Waals surface area contributed by atoms with Crippen LogP contribution in [0.2, 0.25) is 0 Å². The number of carbonyl (C=O) groups excluding carboxylic acids is 2. The fourth-order valence-electron chi connectivity index (χ4n) is 6.73. The summed E-state index contributed by atoms with van der Waals surface area (Å²) in [6, 6.07) is 12.1. The van der Waals surface area contributed by atoms with Crippen molar-refractivity contribution >= 4 is 11.9 Å². The molecule has 0 aliphatic heterocycles. The van der Waals surface area contributed by atoms with Gasteiger partial charge < -0.3 is 14.2 Å². The van der Waals surface area contributed by atoms with E-state index in [0.29, 0.717) is 16.9 Å². The molecule has 0 amide bonds. The van der Waals surface area contributed by atoms with Crippen LogP contribution < -0.4 is 9.47 Å². The van der Waals surface area contributed by atoms with Gasteiger partial charge in [0, 0.05) is 5.56 Å². The second-order valence-electron chi connectivity index (χ2n) is 9.91. The van der Waals surface area contributed by atoms with Crippen LogP contribution in [0, 0.1) is 17.8 Å². The van der Waals surface area contributed by atoms with Gasteiger partial charge in [0.15, 0.2) is 0 Å². The highest BCUT2D eigenvalue weighted by Gasteiger charge is 2.52. The van der Waals surface area contributed by atoms with E-state index in [1.54, 1.807) is 37.4 Å². The summed E-state index contributed by atoms with van der Waals surface area (Å²) in [6.45, 7) is 3.68. The molecule has 0 saturated heterocycles. The molecule has 172 valence electrons. The van der Waals surface area contributed by atoms with Crippen LogP contribution >= 0.6 is 0 Å². The van der Waals surface area contributed by atoms with Gasteiger partial charge in [-0.1, -0.05) is 12.7 Å². The minimum atomic E-state index is -0.442. The molecular formula is C28H30O5. The molecule has 0 radical (unpaired) electrons. The number of hydrogen-bond acceptors (Lipinski definition) is 5. The third-order valence-electron chi connectivity index (χ3n) is 7.68. The summed E-state index contributed by atoms with van der Waals surface area (Å²) in [6.07, 6.45) is 9.17. The van der Waals surface area contributed by atoms with Crippen molar-refractivity contribution in [3.8, 4) is 11.5 Å². The summed E-state index contributed by atoms with van der Waals surface area (Å²) in [5, 5.41) is 0. The fraction of sp³-hybridized carbons (Fsp3) is 0.429. The summed E-state index contributed by atoms with van der Waals surface area (Å²) >= 11 is 0. The van der Waals surface area contributed by atoms with E-state index in [1.807, 2.05) is 12.1 Å². The molecule has 0 unspecified atom stereocenters. The van der Waals surface area contributed by atoms with E-state index in [4.69, 9.17) is 14.2 Å². The third-order valence-corrected chi connectivity index (χ3v) is 7.68. The Morgan fingerprint density at radius 3 is 2.12 bits per heavy atom. The second kappa shape index (κ2) is 8.69. The fourth-order valence-corrected chi connectivity index (χ4v) is 6.73. The van der Waals surface area contributed by atoms with Crippen LogP contribution in [0.4, 0.5) is 0 Å². The van der Waals surface area contributed by atoms with Gasteiger partial charge in [-0.15, -0.1) is 0 Å². The van der Waals surface area contributed by atoms with Crippen LogP contribution in [0.1, 0.15) is 64.8 Å². The van der Waals surface area contributed by atoms with Gasteiger partial charge in [0.2, 0.25) is 0 Å². The zero-order valence-electron chi connectivity index (χ0n) is 19.0. The summed E-state index contributed by atoms with van der Waals surface area (Å²) < 4.78 is 16.4. The lowest BCUT2D eigenvalue weighted by Gasteiger charge is -2.57. The van der Waals surface area contributed by atoms with E-state index in [-0.39, 0.29) is 12.0 Å². The zero-order chi connectivity index (χ0) is 23.0. The van der Waals surface area contributed by atoms with Gasteiger partial charge in [0.25, 0.3) is 0 Å². The van der Waals surface area contributed by atoms with Gasteiger partial charge in [-0.2, -0.15) is 0 Å². The molecule has 0 aromatic heterocycles. The van der Waals surface area contributed by atoms with Crippen molar-refractivity contribution < 1.29 is 23.8 Å². The molecule has 4 aliphatic carbocycles. The van der Waals surface area contributed by atoms with E-state index in [9.17, 15) is 9.59 Å². The molecule has 5 nitrogen and oxygen atoms in total. The number of rotatable bonds is 7. The van der Waals surface area contributed by atoms with Gasteiger partial charge in [0.05, 0.1) is 18.2 Å². The van der Waals surface area contributed by atoms with Crippen LogP contribution in [-0.2, 0) is 10.2 Å². The van der Waals surface area contributed by atoms with E-state index in [2.05, 4.69) is 6.58 Å². The molecular weight excluding hydrogens is 416 g/mol. The molecule has 0 atom stereocenters. The van der Waals surface area contributed by atoms with E-state index in [0.717, 1.165) is 23.5 Å². The maximum atomic E-state index is 13.0. The summed E-state index contributed by atoms with van der Waals surface area (Å²) in [5.41, 5.74) is 2.20. The molecule has 5 heteroatoms. The average molecular weight is 447 g/mol. The van der Waals surface area contributed by atoms with E-state index >= 15 is 0 Å². The lowest BCUT2D eigenvalue weighted by atomic mass is 9.48. The van der Waals surface area contributed by atoms with Crippen LogP contribution in [0.15, 0.2) is 55.1 Å². The number of hydrogen-bond donors (Lipinski definition) is 0. The zero-order valence-corrected chi connectivity index (χ0v) is 19.0. The van der Waals surface area contributed by atoms with Gasteiger partial charge in [-0.05, 0) is 104 Å². The standard InChI is InChI=1S/C28H30O5/c1-3-10-32-26(29)21-4-7-23(8-5-21)33-27(30)22-6-9-25(31-2)24(14-22)28-15-18-11-19(16-28)13-20(12-18)17-28/h3-9,14,18-20H,1,10-13,15-17H2,2H3. The average Bonchev–Trinajstić information content (AvgIpc) is 2.81. The highest BCUT2D eigenvalue weighted by atomic mass is 16.5. The molecule has 0 heterocycles. The first-order chi connectivity index (χ1) is 16.0. The molecule has 2 aromatic carbocycles. The van der Waals surface area contributed by atoms with Crippen LogP contribution in [0.3, 0.4) is 0 Å². The Kier molecular flexibility index (Phi) is 5.73. The molecule has 0 N–H and O–H groups in total. The highest BCUT2D eigenvalue weighted by Crippen LogP contribution is 2.61. The normalized spacial score (nSPS) is 27.1. The van der Waals surface area contributed by atoms with Crippen molar-refractivity contribution in [2.24, 2.45) is 17.8 Å². The Hall–Kier alpha value is -3.08. The first-order valence-corrected chi connectivity index (χ1v) is 11.8. The molecule has 4 saturated carbocycles. The quantitative estimate of drug-likeness (QED) is 0.309. The molecule has 33 heavy (non-hydrogen) atoms. The molecule has 6 rings (SSSR count). The first kappa shape index (κ1) is 21.7. The molecule has 4 aliphatic rings. The van der Waals surface area contributed by atoms with E-state index in [1.165, 1.54) is 50.2 Å². The van der Waals surface area contributed by atoms with E-state index < -0.39 is 11.9 Å². The number of methoxy groups -OCH3 is 1. The largest absolute Gasteiger partial charge is 0.496 e. The van der Waals surface area contributed by atoms with Crippen molar-refractivity contribution in [1.29, 1.82) is 0 Å². The Bertz CT molecular complexity index is 1030. The topological polar surface area (TPSA) is 61.8 Å². The Labute approximate surface area is 194 Å². The highest BCUT2D eigenvalue weighted by molar-refractivity contribution is 5.92. The minimum Gasteiger partial charge on any atom is -0.496 e. The molecule has 0 spiro atoms. The van der Waals surface area contributed by atoms with Crippen LogP contribution in [0.5, 0.6) is 11.5 Å². The molecule has 2 aromatic rings. The van der Waals surface area contributed by atoms with Crippen molar-refractivity contribution in [2.45, 2.75) is 43.9 Å². The van der Waals surface area contributed by atoms with Crippen LogP contribution in [-0.4, -0.2) is 25.7 Å². The lowest BCUT2D eigenvalue weighted by molar-refractivity contribution is -0.00618. The van der Waals surface area contributed by atoms with Crippen molar-refractivity contribution in [3.63, 3.8) is 0 Å². The summed E-state index contributed by atoms with van der Waals surface area (Å²) in [7, 11) is 1.71. The second-order valence-corrected chi connectivity index (χ2v) is 9.91. The van der Waals surface area contributed by atoms with Gasteiger partial charge in [-0.25, -0.2) is 9.59 Å². The van der Waals surface area contributed by atoms with Crippen LogP contribution in [0.25, 0.3) is 0 Å². The van der Waals surface area contributed by atoms with Crippen molar-refractivity contribution in [1.82, 2.24) is 0 Å². The smallest absolute Gasteiger partial charge is 0.343 e. The Balaban J connectivity index is 1.35. The maximum Gasteiger partial charge on any atom is 0.343 e. The monoisotopic (exact) mass is 446 g/mol. The van der Waals surface area contributed by atoms with Gasteiger partial charge >= 0.3 is 11.9 Å². The lowest BCUT2D eigenvalue weighted by Crippen LogP contribution is -2.48. The van der Waals surface area contributed by atoms with Gasteiger partial charge in [0.1, 0.15) is 18.1 Å². The maximum absolute atomic E-state index is 13.0. The number of ether oxygens (including phenoxy) is 3. The first-order valence-electron chi connectivity index (χ1n) is 11.8. The predicted molar refractivity (Wildman–Crippen MR) is 125 cm³/mol. The molecule has 4 bridgehead atoms. The Morgan fingerprint density at radius 1 is 0.939 bits per heavy atom. The third kappa shape index (κ3) is 4.17. The van der Waals surface area contributed by atoms with Crippen molar-refractivity contribution in [3.05, 3.63) is 71.8 Å². The van der Waals surface area contributed by atoms with Gasteiger partial charge in [-0.3, -0.25) is 0 Å². The summed E-state index contributed by atoms with van der Waals surface area (Å²) in [5.74, 6) is 2.80. The SMILES string of the molecule is C=CCOC(=O)c1ccc(OC(=O)c2ccc(OC)c(C34CC5CC(CC(C5)C3)C4)c2)cc1.